The van der Waals surface area contributed by atoms with E-state index >= 15 is 0 Å². The zero-order valence-corrected chi connectivity index (χ0v) is 15.8. The summed E-state index contributed by atoms with van der Waals surface area (Å²) < 4.78 is 10.4. The van der Waals surface area contributed by atoms with Crippen molar-refractivity contribution in [3.8, 4) is 16.5 Å². The topological polar surface area (TPSA) is 68.5 Å². The highest BCUT2D eigenvalue weighted by atomic mass is 32.1. The summed E-state index contributed by atoms with van der Waals surface area (Å²) in [5.74, 6) is 1.88. The molecule has 2 aromatic heterocycles. The highest BCUT2D eigenvalue weighted by molar-refractivity contribution is 7.13. The highest BCUT2D eigenvalue weighted by Gasteiger charge is 2.19. The van der Waals surface area contributed by atoms with Crippen molar-refractivity contribution in [2.45, 2.75) is 25.8 Å². The van der Waals surface area contributed by atoms with Crippen molar-refractivity contribution in [3.63, 3.8) is 0 Å². The van der Waals surface area contributed by atoms with E-state index in [1.165, 1.54) is 0 Å². The SMILES string of the molecule is COc1ccc(C(C)N(C)C(=O)CCc2nc(-c3cccs3)no2)cc1. The molecule has 1 atom stereocenters. The molecule has 0 aliphatic heterocycles. The molecule has 3 aromatic rings. The molecule has 0 aliphatic rings. The van der Waals surface area contributed by atoms with Crippen LogP contribution in [0.1, 0.15) is 30.8 Å². The van der Waals surface area contributed by atoms with Crippen LogP contribution in [-0.4, -0.2) is 35.1 Å². The van der Waals surface area contributed by atoms with E-state index in [4.69, 9.17) is 9.26 Å². The third-order valence-corrected chi connectivity index (χ3v) is 5.20. The monoisotopic (exact) mass is 371 g/mol. The van der Waals surface area contributed by atoms with Crippen LogP contribution < -0.4 is 4.74 Å². The summed E-state index contributed by atoms with van der Waals surface area (Å²) in [5.41, 5.74) is 1.06. The maximum Gasteiger partial charge on any atom is 0.227 e. The molecular formula is C19H21N3O3S. The van der Waals surface area contributed by atoms with E-state index in [0.29, 0.717) is 24.6 Å². The minimum atomic E-state index is -0.0298. The molecule has 3 rings (SSSR count). The molecule has 0 saturated carbocycles. The van der Waals surface area contributed by atoms with Crippen molar-refractivity contribution in [1.82, 2.24) is 15.0 Å². The fourth-order valence-electron chi connectivity index (χ4n) is 2.57. The molecule has 0 bridgehead atoms. The van der Waals surface area contributed by atoms with Gasteiger partial charge in [0.05, 0.1) is 18.0 Å². The maximum atomic E-state index is 12.5. The van der Waals surface area contributed by atoms with E-state index in [1.54, 1.807) is 23.3 Å². The summed E-state index contributed by atoms with van der Waals surface area (Å²) in [4.78, 5) is 19.5. The normalized spacial score (nSPS) is 12.0. The fraction of sp³-hybridized carbons (Fsp3) is 0.316. The zero-order valence-electron chi connectivity index (χ0n) is 15.0. The fourth-order valence-corrected chi connectivity index (χ4v) is 3.22. The number of hydrogen-bond donors (Lipinski definition) is 0. The van der Waals surface area contributed by atoms with E-state index in [2.05, 4.69) is 10.1 Å². The number of carbonyl (C=O) groups is 1. The van der Waals surface area contributed by atoms with Gasteiger partial charge in [0.2, 0.25) is 17.6 Å². The summed E-state index contributed by atoms with van der Waals surface area (Å²) in [6, 6.07) is 11.6. The molecule has 0 radical (unpaired) electrons. The first-order valence-electron chi connectivity index (χ1n) is 8.34. The molecule has 1 amide bonds. The molecule has 0 saturated heterocycles. The first-order valence-corrected chi connectivity index (χ1v) is 9.22. The minimum absolute atomic E-state index is 0.0298. The maximum absolute atomic E-state index is 12.5. The van der Waals surface area contributed by atoms with Crippen molar-refractivity contribution >= 4 is 17.2 Å². The van der Waals surface area contributed by atoms with Gasteiger partial charge in [-0.1, -0.05) is 23.4 Å². The molecule has 2 heterocycles. The van der Waals surface area contributed by atoms with Crippen LogP contribution in [0.3, 0.4) is 0 Å². The Bertz CT molecular complexity index is 843. The number of methoxy groups -OCH3 is 1. The second-order valence-corrected chi connectivity index (χ2v) is 6.89. The lowest BCUT2D eigenvalue weighted by molar-refractivity contribution is -0.131. The molecule has 26 heavy (non-hydrogen) atoms. The quantitative estimate of drug-likeness (QED) is 0.629. The van der Waals surface area contributed by atoms with Gasteiger partial charge in [0.15, 0.2) is 0 Å². The van der Waals surface area contributed by atoms with Crippen molar-refractivity contribution in [3.05, 3.63) is 53.2 Å². The summed E-state index contributed by atoms with van der Waals surface area (Å²) in [6.45, 7) is 2.00. The Labute approximate surface area is 156 Å². The Morgan fingerprint density at radius 1 is 1.31 bits per heavy atom. The summed E-state index contributed by atoms with van der Waals surface area (Å²) in [7, 11) is 3.44. The van der Waals surface area contributed by atoms with Crippen molar-refractivity contribution < 1.29 is 14.1 Å². The number of aryl methyl sites for hydroxylation is 1. The molecule has 0 spiro atoms. The largest absolute Gasteiger partial charge is 0.497 e. The Morgan fingerprint density at radius 3 is 2.73 bits per heavy atom. The Kier molecular flexibility index (Phi) is 5.68. The van der Waals surface area contributed by atoms with Gasteiger partial charge in [-0.3, -0.25) is 4.79 Å². The van der Waals surface area contributed by atoms with Gasteiger partial charge in [-0.15, -0.1) is 11.3 Å². The van der Waals surface area contributed by atoms with Crippen LogP contribution in [-0.2, 0) is 11.2 Å². The summed E-state index contributed by atoms with van der Waals surface area (Å²) in [5, 5.41) is 5.93. The predicted octanol–water partition coefficient (Wildman–Crippen LogP) is 3.96. The van der Waals surface area contributed by atoms with Gasteiger partial charge >= 0.3 is 0 Å². The predicted molar refractivity (Wildman–Crippen MR) is 100 cm³/mol. The van der Waals surface area contributed by atoms with Gasteiger partial charge in [0, 0.05) is 19.9 Å². The smallest absolute Gasteiger partial charge is 0.227 e. The third-order valence-electron chi connectivity index (χ3n) is 4.33. The van der Waals surface area contributed by atoms with E-state index in [-0.39, 0.29) is 11.9 Å². The zero-order chi connectivity index (χ0) is 18.5. The molecular weight excluding hydrogens is 350 g/mol. The number of amides is 1. The van der Waals surface area contributed by atoms with E-state index in [1.807, 2.05) is 55.7 Å². The average molecular weight is 371 g/mol. The van der Waals surface area contributed by atoms with E-state index in [9.17, 15) is 4.79 Å². The molecule has 0 N–H and O–H groups in total. The van der Waals surface area contributed by atoms with Gasteiger partial charge < -0.3 is 14.2 Å². The van der Waals surface area contributed by atoms with Gasteiger partial charge in [0.25, 0.3) is 0 Å². The molecule has 136 valence electrons. The van der Waals surface area contributed by atoms with Crippen LogP contribution in [0.25, 0.3) is 10.7 Å². The molecule has 1 aromatic carbocycles. The van der Waals surface area contributed by atoms with Gasteiger partial charge in [-0.25, -0.2) is 0 Å². The number of nitrogens with zero attached hydrogens (tertiary/aromatic N) is 3. The number of aromatic nitrogens is 2. The van der Waals surface area contributed by atoms with Crippen LogP contribution in [0.5, 0.6) is 5.75 Å². The lowest BCUT2D eigenvalue weighted by atomic mass is 10.1. The average Bonchev–Trinajstić information content (AvgIpc) is 3.36. The van der Waals surface area contributed by atoms with Crippen molar-refractivity contribution in [1.29, 1.82) is 0 Å². The van der Waals surface area contributed by atoms with Crippen LogP contribution in [0, 0.1) is 0 Å². The first kappa shape index (κ1) is 18.1. The molecule has 1 unspecified atom stereocenters. The Balaban J connectivity index is 1.56. The van der Waals surface area contributed by atoms with Crippen LogP contribution in [0.4, 0.5) is 0 Å². The van der Waals surface area contributed by atoms with Gasteiger partial charge in [-0.05, 0) is 36.1 Å². The van der Waals surface area contributed by atoms with E-state index < -0.39 is 0 Å². The number of rotatable bonds is 7. The summed E-state index contributed by atoms with van der Waals surface area (Å²) in [6.07, 6.45) is 0.750. The van der Waals surface area contributed by atoms with Crippen molar-refractivity contribution in [2.75, 3.05) is 14.2 Å². The number of benzene rings is 1. The van der Waals surface area contributed by atoms with Crippen LogP contribution in [0.15, 0.2) is 46.3 Å². The Morgan fingerprint density at radius 2 is 2.08 bits per heavy atom. The molecule has 7 heteroatoms. The summed E-state index contributed by atoms with van der Waals surface area (Å²) >= 11 is 1.55. The van der Waals surface area contributed by atoms with Gasteiger partial charge in [0.1, 0.15) is 5.75 Å². The number of thiophene rings is 1. The minimum Gasteiger partial charge on any atom is -0.497 e. The lowest BCUT2D eigenvalue weighted by Crippen LogP contribution is -2.29. The van der Waals surface area contributed by atoms with Crippen molar-refractivity contribution in [2.24, 2.45) is 0 Å². The highest BCUT2D eigenvalue weighted by Crippen LogP contribution is 2.23. The van der Waals surface area contributed by atoms with Gasteiger partial charge in [-0.2, -0.15) is 4.98 Å². The number of hydrogen-bond acceptors (Lipinski definition) is 6. The van der Waals surface area contributed by atoms with Crippen LogP contribution >= 0.6 is 11.3 Å². The number of carbonyl (C=O) groups excluding carboxylic acids is 1. The molecule has 0 fully saturated rings. The number of ether oxygens (including phenoxy) is 1. The molecule has 0 aliphatic carbocycles. The third kappa shape index (κ3) is 4.11. The Hall–Kier alpha value is -2.67. The molecule has 6 nitrogen and oxygen atoms in total. The standard InChI is InChI=1S/C19H21N3O3S/c1-13(14-6-8-15(24-3)9-7-14)22(2)18(23)11-10-17-20-19(21-25-17)16-5-4-12-26-16/h4-9,12-13H,10-11H2,1-3H3. The second kappa shape index (κ2) is 8.14. The van der Waals surface area contributed by atoms with Crippen LogP contribution in [0.2, 0.25) is 0 Å². The van der Waals surface area contributed by atoms with E-state index in [0.717, 1.165) is 16.2 Å². The first-order chi connectivity index (χ1) is 12.6. The lowest BCUT2D eigenvalue weighted by Gasteiger charge is -2.25. The second-order valence-electron chi connectivity index (χ2n) is 5.94.